The van der Waals surface area contributed by atoms with Gasteiger partial charge in [0.05, 0.1) is 17.5 Å². The Morgan fingerprint density at radius 3 is 2.59 bits per heavy atom. The van der Waals surface area contributed by atoms with Crippen LogP contribution in [-0.2, 0) is 14.6 Å². The maximum absolute atomic E-state index is 11.6. The van der Waals surface area contributed by atoms with Crippen molar-refractivity contribution in [1.82, 2.24) is 0 Å². The fourth-order valence-electron chi connectivity index (χ4n) is 2.53. The van der Waals surface area contributed by atoms with E-state index in [1.165, 1.54) is 6.26 Å². The Balaban J connectivity index is 2.66. The summed E-state index contributed by atoms with van der Waals surface area (Å²) in [5.41, 5.74) is -0.917. The van der Waals surface area contributed by atoms with Crippen LogP contribution in [0.5, 0.6) is 0 Å². The molecular formula is C12H24O4S. The molecule has 0 aliphatic heterocycles. The fourth-order valence-corrected chi connectivity index (χ4v) is 3.70. The zero-order chi connectivity index (χ0) is 13.1. The quantitative estimate of drug-likeness (QED) is 0.815. The largest absolute Gasteiger partial charge is 0.387 e. The standard InChI is InChI=1S/C12H24O4S/c1-4-16-9-12(2,13)10-6-5-7-11(8-10)17(3,14)15/h10-11,13H,4-9H2,1-3H3. The van der Waals surface area contributed by atoms with Crippen molar-refractivity contribution in [3.05, 3.63) is 0 Å². The second kappa shape index (κ2) is 5.67. The predicted octanol–water partition coefficient (Wildman–Crippen LogP) is 1.38. The highest BCUT2D eigenvalue weighted by molar-refractivity contribution is 7.91. The molecule has 4 nitrogen and oxygen atoms in total. The highest BCUT2D eigenvalue weighted by Gasteiger charge is 2.38. The highest BCUT2D eigenvalue weighted by Crippen LogP contribution is 2.35. The summed E-state index contributed by atoms with van der Waals surface area (Å²) in [5.74, 6) is 0.0162. The van der Waals surface area contributed by atoms with Crippen LogP contribution in [0.2, 0.25) is 0 Å². The molecule has 102 valence electrons. The Kier molecular flexibility index (Phi) is 4.98. The SMILES string of the molecule is CCOCC(C)(O)C1CCCC(S(C)(=O)=O)C1. The number of hydrogen-bond acceptors (Lipinski definition) is 4. The average Bonchev–Trinajstić information content (AvgIpc) is 2.25. The number of rotatable bonds is 5. The molecule has 0 saturated heterocycles. The van der Waals surface area contributed by atoms with Gasteiger partial charge in [-0.3, -0.25) is 0 Å². The monoisotopic (exact) mass is 264 g/mol. The van der Waals surface area contributed by atoms with E-state index in [-0.39, 0.29) is 17.8 Å². The molecule has 0 radical (unpaired) electrons. The molecule has 0 amide bonds. The van der Waals surface area contributed by atoms with Crippen molar-refractivity contribution in [3.63, 3.8) is 0 Å². The number of ether oxygens (including phenoxy) is 1. The summed E-state index contributed by atoms with van der Waals surface area (Å²) in [6, 6.07) is 0. The van der Waals surface area contributed by atoms with Gasteiger partial charge in [-0.15, -0.1) is 0 Å². The van der Waals surface area contributed by atoms with Crippen LogP contribution in [0, 0.1) is 5.92 Å². The Hall–Kier alpha value is -0.130. The van der Waals surface area contributed by atoms with Crippen LogP contribution in [-0.4, -0.2) is 43.8 Å². The van der Waals surface area contributed by atoms with E-state index in [2.05, 4.69) is 0 Å². The van der Waals surface area contributed by atoms with Crippen molar-refractivity contribution in [3.8, 4) is 0 Å². The average molecular weight is 264 g/mol. The van der Waals surface area contributed by atoms with Crippen LogP contribution in [0.15, 0.2) is 0 Å². The van der Waals surface area contributed by atoms with Gasteiger partial charge < -0.3 is 9.84 Å². The first-order chi connectivity index (χ1) is 7.77. The molecule has 5 heteroatoms. The zero-order valence-corrected chi connectivity index (χ0v) is 11.8. The molecule has 3 atom stereocenters. The molecular weight excluding hydrogens is 240 g/mol. The Morgan fingerprint density at radius 2 is 2.06 bits per heavy atom. The lowest BCUT2D eigenvalue weighted by Gasteiger charge is -2.37. The predicted molar refractivity (Wildman–Crippen MR) is 67.7 cm³/mol. The lowest BCUT2D eigenvalue weighted by atomic mass is 9.78. The lowest BCUT2D eigenvalue weighted by molar-refractivity contribution is -0.0783. The van der Waals surface area contributed by atoms with Crippen LogP contribution in [0.25, 0.3) is 0 Å². The first-order valence-electron chi connectivity index (χ1n) is 6.26. The van der Waals surface area contributed by atoms with Crippen LogP contribution in [0.4, 0.5) is 0 Å². The molecule has 3 unspecified atom stereocenters. The maximum atomic E-state index is 11.6. The van der Waals surface area contributed by atoms with E-state index in [0.29, 0.717) is 13.0 Å². The van der Waals surface area contributed by atoms with Crippen molar-refractivity contribution in [2.45, 2.75) is 50.4 Å². The number of aliphatic hydroxyl groups is 1. The van der Waals surface area contributed by atoms with Crippen LogP contribution >= 0.6 is 0 Å². The summed E-state index contributed by atoms with van der Waals surface area (Å²) in [4.78, 5) is 0. The van der Waals surface area contributed by atoms with Gasteiger partial charge in [-0.05, 0) is 39.0 Å². The molecule has 17 heavy (non-hydrogen) atoms. The van der Waals surface area contributed by atoms with Crippen molar-refractivity contribution in [2.75, 3.05) is 19.5 Å². The van der Waals surface area contributed by atoms with Crippen LogP contribution in [0.1, 0.15) is 39.5 Å². The van der Waals surface area contributed by atoms with Crippen molar-refractivity contribution >= 4 is 9.84 Å². The minimum absolute atomic E-state index is 0.0162. The van der Waals surface area contributed by atoms with Gasteiger partial charge in [0.25, 0.3) is 0 Å². The third-order valence-corrected chi connectivity index (χ3v) is 5.35. The molecule has 1 fully saturated rings. The zero-order valence-electron chi connectivity index (χ0n) is 11.0. The summed E-state index contributed by atoms with van der Waals surface area (Å²) in [7, 11) is -2.99. The molecule has 1 N–H and O–H groups in total. The number of hydrogen-bond donors (Lipinski definition) is 1. The molecule has 0 heterocycles. The van der Waals surface area contributed by atoms with Gasteiger partial charge in [0.1, 0.15) is 9.84 Å². The van der Waals surface area contributed by atoms with Gasteiger partial charge in [-0.2, -0.15) is 0 Å². The molecule has 0 spiro atoms. The van der Waals surface area contributed by atoms with Crippen molar-refractivity contribution in [2.24, 2.45) is 5.92 Å². The highest BCUT2D eigenvalue weighted by atomic mass is 32.2. The molecule has 1 aliphatic rings. The third-order valence-electron chi connectivity index (χ3n) is 3.71. The summed E-state index contributed by atoms with van der Waals surface area (Å²) in [6.45, 7) is 4.48. The van der Waals surface area contributed by atoms with E-state index in [1.54, 1.807) is 6.92 Å². The van der Waals surface area contributed by atoms with Gasteiger partial charge in [-0.1, -0.05) is 6.42 Å². The van der Waals surface area contributed by atoms with E-state index < -0.39 is 15.4 Å². The maximum Gasteiger partial charge on any atom is 0.150 e. The second-order valence-corrected chi connectivity index (χ2v) is 7.64. The Labute approximate surface area is 104 Å². The lowest BCUT2D eigenvalue weighted by Crippen LogP contribution is -2.44. The first-order valence-corrected chi connectivity index (χ1v) is 8.22. The number of sulfone groups is 1. The molecule has 0 aromatic heterocycles. The van der Waals surface area contributed by atoms with Gasteiger partial charge in [0.15, 0.2) is 0 Å². The molecule has 0 aromatic carbocycles. The molecule has 1 saturated carbocycles. The van der Waals surface area contributed by atoms with Gasteiger partial charge in [0.2, 0.25) is 0 Å². The van der Waals surface area contributed by atoms with Crippen molar-refractivity contribution in [1.29, 1.82) is 0 Å². The van der Waals surface area contributed by atoms with E-state index >= 15 is 0 Å². The third kappa shape index (κ3) is 4.23. The summed E-state index contributed by atoms with van der Waals surface area (Å²) >= 11 is 0. The van der Waals surface area contributed by atoms with Crippen molar-refractivity contribution < 1.29 is 18.3 Å². The minimum atomic E-state index is -2.99. The second-order valence-electron chi connectivity index (χ2n) is 5.31. The van der Waals surface area contributed by atoms with E-state index in [1.807, 2.05) is 6.92 Å². The van der Waals surface area contributed by atoms with E-state index in [9.17, 15) is 13.5 Å². The van der Waals surface area contributed by atoms with Gasteiger partial charge in [0, 0.05) is 12.9 Å². The van der Waals surface area contributed by atoms with Crippen LogP contribution in [0.3, 0.4) is 0 Å². The van der Waals surface area contributed by atoms with Crippen LogP contribution < -0.4 is 0 Å². The summed E-state index contributed by atoms with van der Waals surface area (Å²) < 4.78 is 28.4. The Morgan fingerprint density at radius 1 is 1.41 bits per heavy atom. The molecule has 0 aromatic rings. The van der Waals surface area contributed by atoms with Gasteiger partial charge in [-0.25, -0.2) is 8.42 Å². The van der Waals surface area contributed by atoms with E-state index in [4.69, 9.17) is 4.74 Å². The minimum Gasteiger partial charge on any atom is -0.387 e. The van der Waals surface area contributed by atoms with E-state index in [0.717, 1.165) is 19.3 Å². The normalized spacial score (nSPS) is 29.9. The smallest absolute Gasteiger partial charge is 0.150 e. The Bertz CT molecular complexity index is 334. The summed E-state index contributed by atoms with van der Waals surface area (Å²) in [6.07, 6.45) is 4.31. The molecule has 1 rings (SSSR count). The fraction of sp³-hybridized carbons (Fsp3) is 1.00. The van der Waals surface area contributed by atoms with Gasteiger partial charge >= 0.3 is 0 Å². The topological polar surface area (TPSA) is 63.6 Å². The molecule has 0 bridgehead atoms. The molecule has 1 aliphatic carbocycles. The first kappa shape index (κ1) is 14.9. The summed E-state index contributed by atoms with van der Waals surface area (Å²) in [5, 5.41) is 10.0.